The molecule has 0 unspecified atom stereocenters. The third-order valence-corrected chi connectivity index (χ3v) is 4.53. The number of hydrogen-bond donors (Lipinski definition) is 1. The van der Waals surface area contributed by atoms with Gasteiger partial charge in [0.1, 0.15) is 0 Å². The lowest BCUT2D eigenvalue weighted by atomic mass is 10.1. The lowest BCUT2D eigenvalue weighted by molar-refractivity contribution is -0.118. The van der Waals surface area contributed by atoms with Crippen molar-refractivity contribution < 1.29 is 14.7 Å². The molecule has 0 spiro atoms. The van der Waals surface area contributed by atoms with Crippen LogP contribution in [0.15, 0.2) is 24.4 Å². The van der Waals surface area contributed by atoms with Gasteiger partial charge in [-0.15, -0.1) is 0 Å². The fourth-order valence-corrected chi connectivity index (χ4v) is 3.24. The lowest BCUT2D eigenvalue weighted by Crippen LogP contribution is -2.33. The number of aromatic carboxylic acids is 1. The second kappa shape index (κ2) is 7.55. The number of amides is 1. The van der Waals surface area contributed by atoms with E-state index in [-0.39, 0.29) is 17.9 Å². The van der Waals surface area contributed by atoms with Crippen LogP contribution in [0.4, 0.5) is 5.69 Å². The Morgan fingerprint density at radius 3 is 2.36 bits per heavy atom. The van der Waals surface area contributed by atoms with Gasteiger partial charge in [-0.25, -0.2) is 4.79 Å². The molecule has 0 aliphatic rings. The first-order chi connectivity index (χ1) is 11.8. The van der Waals surface area contributed by atoms with E-state index in [4.69, 9.17) is 0 Å². The van der Waals surface area contributed by atoms with Gasteiger partial charge >= 0.3 is 5.97 Å². The van der Waals surface area contributed by atoms with Crippen molar-refractivity contribution in [2.45, 2.75) is 47.6 Å². The Morgan fingerprint density at radius 1 is 1.12 bits per heavy atom. The number of likely N-dealkylation sites (N-methyl/N-ethyl adjacent to an activating group) is 1. The summed E-state index contributed by atoms with van der Waals surface area (Å²) >= 11 is 0. The van der Waals surface area contributed by atoms with E-state index in [0.717, 1.165) is 16.8 Å². The molecule has 0 fully saturated rings. The minimum atomic E-state index is -0.984. The van der Waals surface area contributed by atoms with Gasteiger partial charge in [0.2, 0.25) is 5.91 Å². The van der Waals surface area contributed by atoms with E-state index in [1.807, 2.05) is 50.5 Å². The molecule has 5 nitrogen and oxygen atoms in total. The van der Waals surface area contributed by atoms with Crippen LogP contribution in [0.3, 0.4) is 0 Å². The van der Waals surface area contributed by atoms with Gasteiger partial charge in [-0.3, -0.25) is 4.79 Å². The fourth-order valence-electron chi connectivity index (χ4n) is 3.24. The van der Waals surface area contributed by atoms with Crippen LogP contribution >= 0.6 is 0 Å². The highest BCUT2D eigenvalue weighted by atomic mass is 16.4. The van der Waals surface area contributed by atoms with Crippen molar-refractivity contribution in [2.24, 2.45) is 0 Å². The van der Waals surface area contributed by atoms with Crippen molar-refractivity contribution in [3.63, 3.8) is 0 Å². The normalized spacial score (nSPS) is 10.8. The third kappa shape index (κ3) is 3.76. The van der Waals surface area contributed by atoms with Gasteiger partial charge < -0.3 is 14.6 Å². The zero-order valence-corrected chi connectivity index (χ0v) is 15.6. The predicted octanol–water partition coefficient (Wildman–Crippen LogP) is 3.73. The molecule has 1 aromatic heterocycles. The molecule has 1 N–H and O–H groups in total. The summed E-state index contributed by atoms with van der Waals surface area (Å²) in [6, 6.07) is 6.02. The zero-order chi connectivity index (χ0) is 18.7. The topological polar surface area (TPSA) is 62.5 Å². The molecular weight excluding hydrogens is 316 g/mol. The molecule has 0 aliphatic carbocycles. The van der Waals surface area contributed by atoms with Gasteiger partial charge in [0, 0.05) is 30.7 Å². The summed E-state index contributed by atoms with van der Waals surface area (Å²) in [4.78, 5) is 26.3. The Bertz CT molecular complexity index is 806. The van der Waals surface area contributed by atoms with Crippen molar-refractivity contribution in [3.8, 4) is 0 Å². The number of carboxylic acid groups (broad SMARTS) is 1. The minimum Gasteiger partial charge on any atom is -0.478 e. The summed E-state index contributed by atoms with van der Waals surface area (Å²) in [5.41, 5.74) is 4.50. The first-order valence-corrected chi connectivity index (χ1v) is 8.59. The number of hydrogen-bond acceptors (Lipinski definition) is 2. The second-order valence-electron chi connectivity index (χ2n) is 6.33. The van der Waals surface area contributed by atoms with Crippen molar-refractivity contribution in [3.05, 3.63) is 52.3 Å². The summed E-state index contributed by atoms with van der Waals surface area (Å²) in [5.74, 6) is -1.08. The van der Waals surface area contributed by atoms with Crippen LogP contribution in [0, 0.1) is 20.8 Å². The summed E-state index contributed by atoms with van der Waals surface area (Å²) in [6.07, 6.45) is 1.88. The van der Waals surface area contributed by atoms with Crippen molar-refractivity contribution >= 4 is 17.6 Å². The number of nitrogens with zero attached hydrogens (tertiary/aromatic N) is 2. The van der Waals surface area contributed by atoms with Crippen LogP contribution in [0.1, 0.15) is 46.6 Å². The molecule has 1 amide bonds. The first kappa shape index (κ1) is 18.8. The Kier molecular flexibility index (Phi) is 5.67. The van der Waals surface area contributed by atoms with Crippen LogP contribution in [0.2, 0.25) is 0 Å². The Hall–Kier alpha value is -2.56. The largest absolute Gasteiger partial charge is 0.478 e. The number of aromatic nitrogens is 1. The molecule has 2 aromatic rings. The molecule has 5 heteroatoms. The average molecular weight is 342 g/mol. The van der Waals surface area contributed by atoms with Crippen LogP contribution in [0.5, 0.6) is 0 Å². The summed E-state index contributed by atoms with van der Waals surface area (Å²) in [5, 5.41) is 9.52. The monoisotopic (exact) mass is 342 g/mol. The molecule has 2 rings (SSSR count). The number of carbonyl (C=O) groups excluding carboxylic acids is 1. The molecule has 134 valence electrons. The molecule has 0 aliphatic heterocycles. The summed E-state index contributed by atoms with van der Waals surface area (Å²) in [7, 11) is 0. The molecule has 0 saturated carbocycles. The smallest absolute Gasteiger partial charge is 0.337 e. The van der Waals surface area contributed by atoms with Gasteiger partial charge in [0.25, 0.3) is 0 Å². The van der Waals surface area contributed by atoms with Gasteiger partial charge in [-0.1, -0.05) is 12.1 Å². The van der Waals surface area contributed by atoms with E-state index in [1.165, 1.54) is 0 Å². The molecule has 1 aromatic carbocycles. The number of benzene rings is 1. The Labute approximate surface area is 148 Å². The molecule has 0 bridgehead atoms. The SMILES string of the molecule is CCN(C(=O)Cc1c(C(=O)O)c(C)cn1CC)c1cc(C)ccc1C. The predicted molar refractivity (Wildman–Crippen MR) is 99.4 cm³/mol. The molecule has 1 heterocycles. The van der Waals surface area contributed by atoms with Crippen LogP contribution < -0.4 is 4.90 Å². The molecule has 0 atom stereocenters. The molecular formula is C20H26N2O3. The van der Waals surface area contributed by atoms with Crippen LogP contribution in [-0.4, -0.2) is 28.1 Å². The van der Waals surface area contributed by atoms with Crippen LogP contribution in [-0.2, 0) is 17.8 Å². The van der Waals surface area contributed by atoms with Gasteiger partial charge in [0.05, 0.1) is 12.0 Å². The van der Waals surface area contributed by atoms with E-state index in [0.29, 0.717) is 24.3 Å². The van der Waals surface area contributed by atoms with Gasteiger partial charge in [0.15, 0.2) is 0 Å². The quantitative estimate of drug-likeness (QED) is 0.870. The summed E-state index contributed by atoms with van der Waals surface area (Å²) < 4.78 is 1.85. The van der Waals surface area contributed by atoms with E-state index in [9.17, 15) is 14.7 Å². The number of carboxylic acids is 1. The highest BCUT2D eigenvalue weighted by Gasteiger charge is 2.24. The Morgan fingerprint density at radius 2 is 1.80 bits per heavy atom. The first-order valence-electron chi connectivity index (χ1n) is 8.59. The average Bonchev–Trinajstić information content (AvgIpc) is 2.87. The second-order valence-corrected chi connectivity index (χ2v) is 6.33. The minimum absolute atomic E-state index is 0.0739. The number of anilines is 1. The van der Waals surface area contributed by atoms with E-state index < -0.39 is 5.97 Å². The third-order valence-electron chi connectivity index (χ3n) is 4.53. The maximum Gasteiger partial charge on any atom is 0.337 e. The highest BCUT2D eigenvalue weighted by Crippen LogP contribution is 2.24. The fraction of sp³-hybridized carbons (Fsp3) is 0.400. The molecule has 0 radical (unpaired) electrons. The van der Waals surface area contributed by atoms with Gasteiger partial charge in [-0.05, 0) is 57.4 Å². The van der Waals surface area contributed by atoms with Crippen molar-refractivity contribution in [1.82, 2.24) is 4.57 Å². The van der Waals surface area contributed by atoms with Gasteiger partial charge in [-0.2, -0.15) is 0 Å². The number of carbonyl (C=O) groups is 2. The van der Waals surface area contributed by atoms with E-state index >= 15 is 0 Å². The molecule has 0 saturated heterocycles. The highest BCUT2D eigenvalue weighted by molar-refractivity contribution is 5.98. The van der Waals surface area contributed by atoms with Crippen molar-refractivity contribution in [2.75, 3.05) is 11.4 Å². The van der Waals surface area contributed by atoms with E-state index in [1.54, 1.807) is 18.0 Å². The van der Waals surface area contributed by atoms with E-state index in [2.05, 4.69) is 0 Å². The standard InChI is InChI=1S/C20H26N2O3/c1-6-21-12-15(5)19(20(24)25)17(21)11-18(23)22(7-2)16-10-13(3)8-9-14(16)4/h8-10,12H,6-7,11H2,1-5H3,(H,24,25). The maximum atomic E-state index is 13.0. The number of rotatable bonds is 6. The Balaban J connectivity index is 2.41. The van der Waals surface area contributed by atoms with Crippen molar-refractivity contribution in [1.29, 1.82) is 0 Å². The number of aryl methyl sites for hydroxylation is 4. The molecule has 25 heavy (non-hydrogen) atoms. The lowest BCUT2D eigenvalue weighted by Gasteiger charge is -2.24. The van der Waals surface area contributed by atoms with Crippen LogP contribution in [0.25, 0.3) is 0 Å². The maximum absolute atomic E-state index is 13.0. The summed E-state index contributed by atoms with van der Waals surface area (Å²) in [6.45, 7) is 10.8. The zero-order valence-electron chi connectivity index (χ0n) is 15.6.